The van der Waals surface area contributed by atoms with Gasteiger partial charge in [-0.1, -0.05) is 90.1 Å². The smallest absolute Gasteiger partial charge is 0.170 e. The van der Waals surface area contributed by atoms with E-state index in [1.54, 1.807) is 90.1 Å². The van der Waals surface area contributed by atoms with Gasteiger partial charge in [0.05, 0.1) is 12.8 Å². The molecule has 0 saturated heterocycles. The molecule has 0 bridgehead atoms. The van der Waals surface area contributed by atoms with Crippen LogP contribution in [0.25, 0.3) is 11.1 Å². The highest BCUT2D eigenvalue weighted by atomic mass is 16.2. The van der Waals surface area contributed by atoms with Crippen molar-refractivity contribution in [1.82, 2.24) is 0 Å². The van der Waals surface area contributed by atoms with Gasteiger partial charge in [-0.25, -0.2) is 0 Å². The average molecular weight is 407 g/mol. The minimum Gasteiger partial charge on any atom is -0.299 e. The Kier molecular flexibility index (Phi) is 6.91. The molecule has 0 saturated carbocycles. The van der Waals surface area contributed by atoms with Gasteiger partial charge >= 0.3 is 0 Å². The molecule has 0 aromatic heterocycles. The molecule has 158 valence electrons. The molecule has 0 fully saturated rings. The number of rotatable bonds is 7. The maximum Gasteiger partial charge on any atom is 0.170 e. The van der Waals surface area contributed by atoms with E-state index in [9.17, 15) is 19.2 Å². The molecule has 0 amide bonds. The fourth-order valence-electron chi connectivity index (χ4n) is 2.93. The molecule has 0 spiro atoms. The Morgan fingerprint density at radius 3 is 1.17 bits per heavy atom. The fraction of sp³-hybridized carbons (Fsp3) is 0.385. The molecule has 0 aliphatic carbocycles. The quantitative estimate of drug-likeness (QED) is 0.435. The standard InChI is InChI=1S/C26H30O4/c1-25(2,3)23(29)15-21(27)19-13-9-7-11-17(19)18-12-8-10-14-20(18)22(28)16-24(30)26(4,5)6/h7-14H,15-16H2,1-6H3. The Morgan fingerprint density at radius 2 is 0.867 bits per heavy atom. The van der Waals surface area contributed by atoms with Gasteiger partial charge in [0.15, 0.2) is 11.6 Å². The topological polar surface area (TPSA) is 68.3 Å². The zero-order chi connectivity index (χ0) is 22.7. The van der Waals surface area contributed by atoms with Crippen molar-refractivity contribution < 1.29 is 19.2 Å². The summed E-state index contributed by atoms with van der Waals surface area (Å²) in [7, 11) is 0. The van der Waals surface area contributed by atoms with Crippen LogP contribution in [0.5, 0.6) is 0 Å². The van der Waals surface area contributed by atoms with Crippen molar-refractivity contribution in [1.29, 1.82) is 0 Å². The Hall–Kier alpha value is -2.88. The second-order valence-electron chi connectivity index (χ2n) is 9.64. The van der Waals surface area contributed by atoms with Gasteiger partial charge in [0.2, 0.25) is 0 Å². The van der Waals surface area contributed by atoms with Gasteiger partial charge < -0.3 is 0 Å². The summed E-state index contributed by atoms with van der Waals surface area (Å²) in [5, 5.41) is 0. The first-order valence-electron chi connectivity index (χ1n) is 10.1. The third-order valence-corrected chi connectivity index (χ3v) is 5.06. The van der Waals surface area contributed by atoms with Crippen LogP contribution in [0.3, 0.4) is 0 Å². The van der Waals surface area contributed by atoms with Gasteiger partial charge in [-0.2, -0.15) is 0 Å². The molecule has 4 nitrogen and oxygen atoms in total. The van der Waals surface area contributed by atoms with E-state index < -0.39 is 10.8 Å². The van der Waals surface area contributed by atoms with Crippen LogP contribution in [0.15, 0.2) is 48.5 Å². The van der Waals surface area contributed by atoms with Crippen molar-refractivity contribution in [2.45, 2.75) is 54.4 Å². The first-order valence-corrected chi connectivity index (χ1v) is 10.1. The summed E-state index contributed by atoms with van der Waals surface area (Å²) >= 11 is 0. The lowest BCUT2D eigenvalue weighted by Crippen LogP contribution is -2.24. The van der Waals surface area contributed by atoms with E-state index in [0.29, 0.717) is 22.3 Å². The largest absolute Gasteiger partial charge is 0.299 e. The Labute approximate surface area is 178 Å². The summed E-state index contributed by atoms with van der Waals surface area (Å²) < 4.78 is 0. The molecule has 0 N–H and O–H groups in total. The van der Waals surface area contributed by atoms with Crippen LogP contribution in [0, 0.1) is 10.8 Å². The fourth-order valence-corrected chi connectivity index (χ4v) is 2.93. The number of Topliss-reactive ketones (excluding diaryl/α,β-unsaturated/α-hetero) is 4. The maximum absolute atomic E-state index is 12.9. The number of ketones is 4. The first-order chi connectivity index (χ1) is 13.8. The summed E-state index contributed by atoms with van der Waals surface area (Å²) in [6.07, 6.45) is -0.391. The third kappa shape index (κ3) is 5.59. The highest BCUT2D eigenvalue weighted by Crippen LogP contribution is 2.30. The van der Waals surface area contributed by atoms with Crippen LogP contribution >= 0.6 is 0 Å². The van der Waals surface area contributed by atoms with Gasteiger partial charge in [-0.15, -0.1) is 0 Å². The van der Waals surface area contributed by atoms with Crippen molar-refractivity contribution in [2.75, 3.05) is 0 Å². The van der Waals surface area contributed by atoms with E-state index in [0.717, 1.165) is 0 Å². The Bertz CT molecular complexity index is 903. The summed E-state index contributed by atoms with van der Waals surface area (Å²) in [4.78, 5) is 50.6. The van der Waals surface area contributed by atoms with Gasteiger partial charge in [-0.05, 0) is 11.1 Å². The van der Waals surface area contributed by atoms with Gasteiger partial charge in [0.25, 0.3) is 0 Å². The summed E-state index contributed by atoms with van der Waals surface area (Å²) in [5.41, 5.74) is 0.778. The average Bonchev–Trinajstić information content (AvgIpc) is 2.66. The van der Waals surface area contributed by atoms with Crippen molar-refractivity contribution in [3.63, 3.8) is 0 Å². The summed E-state index contributed by atoms with van der Waals surface area (Å²) in [5.74, 6) is -0.832. The van der Waals surface area contributed by atoms with E-state index in [4.69, 9.17) is 0 Å². The molecule has 2 aromatic rings. The lowest BCUT2D eigenvalue weighted by atomic mass is 9.84. The number of carbonyl (C=O) groups excluding carboxylic acids is 4. The molecule has 0 aliphatic heterocycles. The van der Waals surface area contributed by atoms with E-state index in [2.05, 4.69) is 0 Å². The van der Waals surface area contributed by atoms with Gasteiger partial charge in [0, 0.05) is 22.0 Å². The van der Waals surface area contributed by atoms with E-state index >= 15 is 0 Å². The SMILES string of the molecule is CC(C)(C)C(=O)CC(=O)c1ccccc1-c1ccccc1C(=O)CC(=O)C(C)(C)C. The monoisotopic (exact) mass is 406 g/mol. The van der Waals surface area contributed by atoms with Crippen LogP contribution in [-0.4, -0.2) is 23.1 Å². The molecule has 0 unspecified atom stereocenters. The van der Waals surface area contributed by atoms with E-state index in [-0.39, 0.29) is 36.0 Å². The number of hydrogen-bond donors (Lipinski definition) is 0. The molecule has 0 atom stereocenters. The van der Waals surface area contributed by atoms with Crippen LogP contribution in [-0.2, 0) is 9.59 Å². The molecule has 0 heterocycles. The summed E-state index contributed by atoms with van der Waals surface area (Å²) in [6.45, 7) is 10.7. The first kappa shape index (κ1) is 23.4. The lowest BCUT2D eigenvalue weighted by Gasteiger charge is -2.18. The van der Waals surface area contributed by atoms with Crippen LogP contribution in [0.2, 0.25) is 0 Å². The maximum atomic E-state index is 12.9. The van der Waals surface area contributed by atoms with Crippen LogP contribution in [0.4, 0.5) is 0 Å². The van der Waals surface area contributed by atoms with Crippen LogP contribution < -0.4 is 0 Å². The summed E-state index contributed by atoms with van der Waals surface area (Å²) in [6, 6.07) is 14.0. The van der Waals surface area contributed by atoms with Gasteiger partial charge in [-0.3, -0.25) is 19.2 Å². The number of carbonyl (C=O) groups is 4. The number of hydrogen-bond acceptors (Lipinski definition) is 4. The highest BCUT2D eigenvalue weighted by molar-refractivity contribution is 6.15. The van der Waals surface area contributed by atoms with Crippen molar-refractivity contribution in [2.24, 2.45) is 10.8 Å². The number of benzene rings is 2. The van der Waals surface area contributed by atoms with E-state index in [1.165, 1.54) is 0 Å². The molecular weight excluding hydrogens is 376 g/mol. The molecule has 2 aromatic carbocycles. The minimum absolute atomic E-state index is 0.137. The third-order valence-electron chi connectivity index (χ3n) is 5.06. The molecule has 0 aliphatic rings. The molecule has 0 radical (unpaired) electrons. The molecular formula is C26H30O4. The van der Waals surface area contributed by atoms with Crippen molar-refractivity contribution >= 4 is 23.1 Å². The highest BCUT2D eigenvalue weighted by Gasteiger charge is 2.27. The van der Waals surface area contributed by atoms with Crippen molar-refractivity contribution in [3.05, 3.63) is 59.7 Å². The second kappa shape index (κ2) is 8.86. The van der Waals surface area contributed by atoms with Gasteiger partial charge in [0.1, 0.15) is 11.6 Å². The molecule has 4 heteroatoms. The van der Waals surface area contributed by atoms with Crippen molar-refractivity contribution in [3.8, 4) is 11.1 Å². The van der Waals surface area contributed by atoms with E-state index in [1.807, 2.05) is 0 Å². The predicted octanol–water partition coefficient (Wildman–Crippen LogP) is 5.73. The Morgan fingerprint density at radius 1 is 0.567 bits per heavy atom. The van der Waals surface area contributed by atoms with Crippen LogP contribution in [0.1, 0.15) is 75.1 Å². The normalized spacial score (nSPS) is 11.8. The molecule has 2 rings (SSSR count). The Balaban J connectivity index is 2.45. The molecule has 30 heavy (non-hydrogen) atoms. The lowest BCUT2D eigenvalue weighted by molar-refractivity contribution is -0.126. The zero-order valence-corrected chi connectivity index (χ0v) is 18.7. The second-order valence-corrected chi connectivity index (χ2v) is 9.64. The minimum atomic E-state index is -0.605. The zero-order valence-electron chi connectivity index (χ0n) is 18.7. The predicted molar refractivity (Wildman–Crippen MR) is 119 cm³/mol.